The molecule has 0 aromatic heterocycles. The number of aromatic hydroxyl groups is 1. The first-order chi connectivity index (χ1) is 9.82. The summed E-state index contributed by atoms with van der Waals surface area (Å²) in [6.45, 7) is 1.60. The summed E-state index contributed by atoms with van der Waals surface area (Å²) in [5.74, 6) is 0.267. The molecule has 0 aliphatic rings. The van der Waals surface area contributed by atoms with Crippen LogP contribution in [0.3, 0.4) is 0 Å². The molecule has 0 amide bonds. The van der Waals surface area contributed by atoms with Crippen molar-refractivity contribution in [1.82, 2.24) is 0 Å². The Kier molecular flexibility index (Phi) is 3.76. The molecule has 2 aromatic carbocycles. The van der Waals surface area contributed by atoms with E-state index in [9.17, 15) is 18.3 Å². The van der Waals surface area contributed by atoms with Gasteiger partial charge in [0.05, 0.1) is 11.1 Å². The summed E-state index contributed by atoms with van der Waals surface area (Å²) < 4.78 is 43.2. The molecule has 0 atom stereocenters. The molecular weight excluding hydrogens is 283 g/mol. The third kappa shape index (κ3) is 3.08. The van der Waals surface area contributed by atoms with Crippen LogP contribution >= 0.6 is 0 Å². The third-order valence-electron chi connectivity index (χ3n) is 2.90. The van der Waals surface area contributed by atoms with Crippen LogP contribution in [0.4, 0.5) is 13.2 Å². The number of alkyl halides is 3. The first kappa shape index (κ1) is 14.7. The molecule has 0 bridgehead atoms. The third-order valence-corrected chi connectivity index (χ3v) is 2.90. The van der Waals surface area contributed by atoms with E-state index in [4.69, 9.17) is 10.00 Å². The standard InChI is InChI=1S/C15H10F3NO2/c1-9-12(20)3-2-4-13(9)21-14-6-5-11(15(16,17)18)7-10(14)8-19/h2-7,20H,1H3. The lowest BCUT2D eigenvalue weighted by atomic mass is 10.1. The lowest BCUT2D eigenvalue weighted by Gasteiger charge is -2.12. The number of phenols is 1. The van der Waals surface area contributed by atoms with E-state index in [1.165, 1.54) is 12.1 Å². The molecule has 0 aliphatic carbocycles. The summed E-state index contributed by atoms with van der Waals surface area (Å²) in [7, 11) is 0. The molecular formula is C15H10F3NO2. The highest BCUT2D eigenvalue weighted by Crippen LogP contribution is 2.35. The van der Waals surface area contributed by atoms with Gasteiger partial charge in [-0.1, -0.05) is 6.07 Å². The van der Waals surface area contributed by atoms with E-state index in [0.717, 1.165) is 18.2 Å². The summed E-state index contributed by atoms with van der Waals surface area (Å²) in [6.07, 6.45) is -4.52. The molecule has 0 aliphatic heterocycles. The van der Waals surface area contributed by atoms with Gasteiger partial charge >= 0.3 is 6.18 Å². The van der Waals surface area contributed by atoms with Crippen LogP contribution in [0.25, 0.3) is 0 Å². The zero-order valence-corrected chi connectivity index (χ0v) is 10.9. The Morgan fingerprint density at radius 3 is 2.48 bits per heavy atom. The molecule has 108 valence electrons. The molecule has 6 heteroatoms. The Bertz CT molecular complexity index is 718. The maximum absolute atomic E-state index is 12.6. The number of phenolic OH excluding ortho intramolecular Hbond substituents is 1. The van der Waals surface area contributed by atoms with E-state index < -0.39 is 11.7 Å². The van der Waals surface area contributed by atoms with Gasteiger partial charge in [-0.25, -0.2) is 0 Å². The second-order valence-electron chi connectivity index (χ2n) is 4.32. The second-order valence-corrected chi connectivity index (χ2v) is 4.32. The minimum Gasteiger partial charge on any atom is -0.508 e. The highest BCUT2D eigenvalue weighted by atomic mass is 19.4. The fraction of sp³-hybridized carbons (Fsp3) is 0.133. The molecule has 3 nitrogen and oxygen atoms in total. The highest BCUT2D eigenvalue weighted by Gasteiger charge is 2.31. The van der Waals surface area contributed by atoms with Gasteiger partial charge < -0.3 is 9.84 Å². The second kappa shape index (κ2) is 5.37. The maximum Gasteiger partial charge on any atom is 0.416 e. The van der Waals surface area contributed by atoms with Gasteiger partial charge in [-0.15, -0.1) is 0 Å². The topological polar surface area (TPSA) is 53.2 Å². The van der Waals surface area contributed by atoms with Crippen molar-refractivity contribution in [2.45, 2.75) is 13.1 Å². The fourth-order valence-electron chi connectivity index (χ4n) is 1.71. The Balaban J connectivity index is 2.42. The molecule has 0 spiro atoms. The molecule has 0 unspecified atom stereocenters. The Morgan fingerprint density at radius 2 is 1.86 bits per heavy atom. The zero-order chi connectivity index (χ0) is 15.6. The van der Waals surface area contributed by atoms with Gasteiger partial charge in [0.1, 0.15) is 23.3 Å². The van der Waals surface area contributed by atoms with Crippen LogP contribution in [0.2, 0.25) is 0 Å². The maximum atomic E-state index is 12.6. The molecule has 1 N–H and O–H groups in total. The number of hydrogen-bond donors (Lipinski definition) is 1. The van der Waals surface area contributed by atoms with Crippen molar-refractivity contribution in [2.75, 3.05) is 0 Å². The van der Waals surface area contributed by atoms with E-state index >= 15 is 0 Å². The van der Waals surface area contributed by atoms with Crippen LogP contribution in [-0.4, -0.2) is 5.11 Å². The van der Waals surface area contributed by atoms with Crippen LogP contribution in [0.5, 0.6) is 17.2 Å². The van der Waals surface area contributed by atoms with Crippen LogP contribution in [0, 0.1) is 18.3 Å². The van der Waals surface area contributed by atoms with Crippen molar-refractivity contribution < 1.29 is 23.0 Å². The molecule has 0 fully saturated rings. The molecule has 2 rings (SSSR count). The molecule has 0 saturated carbocycles. The molecule has 0 heterocycles. The van der Waals surface area contributed by atoms with Gasteiger partial charge in [-0.05, 0) is 37.3 Å². The Hall–Kier alpha value is -2.68. The van der Waals surface area contributed by atoms with E-state index in [0.29, 0.717) is 5.56 Å². The number of ether oxygens (including phenoxy) is 1. The number of benzene rings is 2. The van der Waals surface area contributed by atoms with Gasteiger partial charge in [-0.2, -0.15) is 18.4 Å². The van der Waals surface area contributed by atoms with E-state index in [1.54, 1.807) is 19.1 Å². The summed E-state index contributed by atoms with van der Waals surface area (Å²) in [6, 6.07) is 8.88. The minimum atomic E-state index is -4.52. The Morgan fingerprint density at radius 1 is 1.14 bits per heavy atom. The number of nitriles is 1. The number of halogens is 3. The molecule has 2 aromatic rings. The van der Waals surface area contributed by atoms with Gasteiger partial charge in [0.2, 0.25) is 0 Å². The highest BCUT2D eigenvalue weighted by molar-refractivity contribution is 5.50. The molecule has 0 radical (unpaired) electrons. The van der Waals surface area contributed by atoms with Crippen LogP contribution < -0.4 is 4.74 Å². The van der Waals surface area contributed by atoms with E-state index in [1.807, 2.05) is 0 Å². The van der Waals surface area contributed by atoms with E-state index in [2.05, 4.69) is 0 Å². The van der Waals surface area contributed by atoms with Crippen molar-refractivity contribution in [3.05, 3.63) is 53.1 Å². The van der Waals surface area contributed by atoms with Gasteiger partial charge in [0, 0.05) is 5.56 Å². The van der Waals surface area contributed by atoms with Crippen molar-refractivity contribution in [3.8, 4) is 23.3 Å². The largest absolute Gasteiger partial charge is 0.508 e. The van der Waals surface area contributed by atoms with Gasteiger partial charge in [-0.3, -0.25) is 0 Å². The average Bonchev–Trinajstić information content (AvgIpc) is 2.43. The van der Waals surface area contributed by atoms with Crippen molar-refractivity contribution in [3.63, 3.8) is 0 Å². The normalized spacial score (nSPS) is 11.0. The van der Waals surface area contributed by atoms with E-state index in [-0.39, 0.29) is 22.8 Å². The zero-order valence-electron chi connectivity index (χ0n) is 10.9. The number of nitrogens with zero attached hydrogens (tertiary/aromatic N) is 1. The lowest BCUT2D eigenvalue weighted by Crippen LogP contribution is -2.05. The van der Waals surface area contributed by atoms with Crippen molar-refractivity contribution in [1.29, 1.82) is 5.26 Å². The summed E-state index contributed by atoms with van der Waals surface area (Å²) in [5.41, 5.74) is -0.715. The van der Waals surface area contributed by atoms with Gasteiger partial charge in [0.25, 0.3) is 0 Å². The smallest absolute Gasteiger partial charge is 0.416 e. The summed E-state index contributed by atoms with van der Waals surface area (Å²) in [5, 5.41) is 18.5. The fourth-order valence-corrected chi connectivity index (χ4v) is 1.71. The van der Waals surface area contributed by atoms with Crippen molar-refractivity contribution >= 4 is 0 Å². The monoisotopic (exact) mass is 293 g/mol. The van der Waals surface area contributed by atoms with Crippen LogP contribution in [-0.2, 0) is 6.18 Å². The first-order valence-corrected chi connectivity index (χ1v) is 5.90. The lowest BCUT2D eigenvalue weighted by molar-refractivity contribution is -0.137. The SMILES string of the molecule is Cc1c(O)cccc1Oc1ccc(C(F)(F)F)cc1C#N. The Labute approximate surface area is 118 Å². The van der Waals surface area contributed by atoms with Crippen LogP contribution in [0.1, 0.15) is 16.7 Å². The summed E-state index contributed by atoms with van der Waals surface area (Å²) >= 11 is 0. The van der Waals surface area contributed by atoms with Crippen LogP contribution in [0.15, 0.2) is 36.4 Å². The number of rotatable bonds is 2. The number of hydrogen-bond acceptors (Lipinski definition) is 3. The quantitative estimate of drug-likeness (QED) is 0.893. The first-order valence-electron chi connectivity index (χ1n) is 5.90. The minimum absolute atomic E-state index is 0.000741. The predicted octanol–water partition coefficient (Wildman–Crippen LogP) is 4.38. The molecule has 21 heavy (non-hydrogen) atoms. The van der Waals surface area contributed by atoms with Crippen molar-refractivity contribution in [2.24, 2.45) is 0 Å². The predicted molar refractivity (Wildman–Crippen MR) is 69.1 cm³/mol. The summed E-state index contributed by atoms with van der Waals surface area (Å²) in [4.78, 5) is 0. The molecule has 0 saturated heterocycles. The average molecular weight is 293 g/mol. The van der Waals surface area contributed by atoms with Gasteiger partial charge in [0.15, 0.2) is 0 Å².